The van der Waals surface area contributed by atoms with Crippen LogP contribution in [0.25, 0.3) is 11.1 Å². The zero-order valence-electron chi connectivity index (χ0n) is 20.7. The third-order valence-electron chi connectivity index (χ3n) is 6.67. The van der Waals surface area contributed by atoms with Crippen LogP contribution in [0.1, 0.15) is 42.4 Å². The van der Waals surface area contributed by atoms with Crippen molar-refractivity contribution in [3.05, 3.63) is 77.4 Å². The van der Waals surface area contributed by atoms with Crippen molar-refractivity contribution in [1.29, 1.82) is 0 Å². The van der Waals surface area contributed by atoms with Crippen molar-refractivity contribution >= 4 is 5.97 Å². The van der Waals surface area contributed by atoms with Crippen molar-refractivity contribution in [2.45, 2.75) is 58.5 Å². The first kappa shape index (κ1) is 24.2. The third-order valence-corrected chi connectivity index (χ3v) is 6.67. The van der Waals surface area contributed by atoms with Gasteiger partial charge in [0.2, 0.25) is 0 Å². The molecule has 2 unspecified atom stereocenters. The highest BCUT2D eigenvalue weighted by Crippen LogP contribution is 2.36. The summed E-state index contributed by atoms with van der Waals surface area (Å²) in [5.41, 5.74) is 5.70. The van der Waals surface area contributed by atoms with Gasteiger partial charge in [-0.25, -0.2) is 0 Å². The van der Waals surface area contributed by atoms with Crippen LogP contribution < -0.4 is 14.2 Å². The number of aliphatic carboxylic acids is 1. The fourth-order valence-corrected chi connectivity index (χ4v) is 4.76. The molecule has 1 saturated carbocycles. The Kier molecular flexibility index (Phi) is 7.14. The molecule has 5 rings (SSSR count). The molecule has 1 heterocycles. The maximum atomic E-state index is 11.0. The predicted molar refractivity (Wildman–Crippen MR) is 137 cm³/mol. The van der Waals surface area contributed by atoms with Crippen LogP contribution in [0, 0.1) is 19.8 Å². The topological polar surface area (TPSA) is 74.2 Å². The van der Waals surface area contributed by atoms with E-state index in [4.69, 9.17) is 24.1 Å². The minimum absolute atomic E-state index is 0.157. The molecule has 36 heavy (non-hydrogen) atoms. The molecule has 1 N–H and O–H groups in total. The van der Waals surface area contributed by atoms with Gasteiger partial charge in [0.05, 0.1) is 12.5 Å². The fourth-order valence-electron chi connectivity index (χ4n) is 4.76. The van der Waals surface area contributed by atoms with E-state index in [1.165, 1.54) is 5.56 Å². The lowest BCUT2D eigenvalue weighted by Gasteiger charge is -2.24. The van der Waals surface area contributed by atoms with Crippen molar-refractivity contribution in [1.82, 2.24) is 0 Å². The summed E-state index contributed by atoms with van der Waals surface area (Å²) in [7, 11) is 0. The number of rotatable bonds is 9. The van der Waals surface area contributed by atoms with Gasteiger partial charge < -0.3 is 24.1 Å². The van der Waals surface area contributed by atoms with Crippen LogP contribution in [-0.4, -0.2) is 30.1 Å². The summed E-state index contributed by atoms with van der Waals surface area (Å²) < 4.78 is 23.6. The molecule has 0 spiro atoms. The normalized spacial score (nSPS) is 21.0. The molecule has 0 amide bonds. The summed E-state index contributed by atoms with van der Waals surface area (Å²) in [4.78, 5) is 11.0. The molecule has 0 radical (unpaired) electrons. The van der Waals surface area contributed by atoms with Crippen molar-refractivity contribution in [2.75, 3.05) is 6.61 Å². The zero-order valence-corrected chi connectivity index (χ0v) is 20.7. The second-order valence-electron chi connectivity index (χ2n) is 9.65. The largest absolute Gasteiger partial charge is 0.489 e. The zero-order chi connectivity index (χ0) is 25.1. The number of carboxylic acids is 1. The van der Waals surface area contributed by atoms with Gasteiger partial charge in [-0.3, -0.25) is 4.79 Å². The lowest BCUT2D eigenvalue weighted by atomic mass is 9.94. The van der Waals surface area contributed by atoms with E-state index in [0.29, 0.717) is 24.5 Å². The average molecular weight is 489 g/mol. The summed E-state index contributed by atoms with van der Waals surface area (Å²) in [6, 6.07) is 19.9. The van der Waals surface area contributed by atoms with Gasteiger partial charge in [0.1, 0.15) is 30.0 Å². The number of carbonyl (C=O) groups is 1. The SMILES string of the molecule is Cc1cc(OC2CCCCO2)cc(C)c1-c1cccc(COc2cccc(O[C@@H]3CC3C(=O)O)c2)c1. The van der Waals surface area contributed by atoms with Gasteiger partial charge in [0, 0.05) is 18.9 Å². The van der Waals surface area contributed by atoms with E-state index in [1.54, 1.807) is 0 Å². The van der Waals surface area contributed by atoms with E-state index < -0.39 is 11.9 Å². The van der Waals surface area contributed by atoms with Crippen molar-refractivity contribution in [3.63, 3.8) is 0 Å². The van der Waals surface area contributed by atoms with E-state index in [2.05, 4.69) is 38.1 Å². The number of benzene rings is 3. The first-order valence-electron chi connectivity index (χ1n) is 12.6. The van der Waals surface area contributed by atoms with Crippen LogP contribution in [0.5, 0.6) is 17.2 Å². The van der Waals surface area contributed by atoms with Gasteiger partial charge in [-0.05, 0) is 84.8 Å². The Morgan fingerprint density at radius 2 is 1.72 bits per heavy atom. The molecule has 0 aromatic heterocycles. The smallest absolute Gasteiger partial charge is 0.310 e. The van der Waals surface area contributed by atoms with Gasteiger partial charge >= 0.3 is 5.97 Å². The second kappa shape index (κ2) is 10.6. The number of carboxylic acid groups (broad SMARTS) is 1. The van der Waals surface area contributed by atoms with E-state index >= 15 is 0 Å². The summed E-state index contributed by atoms with van der Waals surface area (Å²) in [5, 5.41) is 9.07. The van der Waals surface area contributed by atoms with Crippen molar-refractivity contribution in [3.8, 4) is 28.4 Å². The maximum Gasteiger partial charge on any atom is 0.310 e. The lowest BCUT2D eigenvalue weighted by molar-refractivity contribution is -0.139. The van der Waals surface area contributed by atoms with Crippen molar-refractivity contribution < 1.29 is 28.8 Å². The Hall–Kier alpha value is -3.51. The minimum atomic E-state index is -0.807. The van der Waals surface area contributed by atoms with E-state index in [1.807, 2.05) is 36.4 Å². The highest BCUT2D eigenvalue weighted by molar-refractivity contribution is 5.74. The molecule has 1 aliphatic carbocycles. The van der Waals surface area contributed by atoms with E-state index in [9.17, 15) is 4.79 Å². The maximum absolute atomic E-state index is 11.0. The molecule has 3 atom stereocenters. The van der Waals surface area contributed by atoms with Gasteiger partial charge in [0.15, 0.2) is 6.29 Å². The first-order valence-corrected chi connectivity index (χ1v) is 12.6. The third kappa shape index (κ3) is 5.82. The fraction of sp³-hybridized carbons (Fsp3) is 0.367. The summed E-state index contributed by atoms with van der Waals surface area (Å²) in [6.45, 7) is 5.40. The Labute approximate surface area is 211 Å². The van der Waals surface area contributed by atoms with E-state index in [-0.39, 0.29) is 12.4 Å². The quantitative estimate of drug-likeness (QED) is 0.381. The van der Waals surface area contributed by atoms with Crippen molar-refractivity contribution in [2.24, 2.45) is 5.92 Å². The van der Waals surface area contributed by atoms with Crippen LogP contribution in [0.15, 0.2) is 60.7 Å². The van der Waals surface area contributed by atoms with Gasteiger partial charge in [-0.1, -0.05) is 24.3 Å². The van der Waals surface area contributed by atoms with Crippen LogP contribution in [0.3, 0.4) is 0 Å². The summed E-state index contributed by atoms with van der Waals surface area (Å²) >= 11 is 0. The van der Waals surface area contributed by atoms with Gasteiger partial charge in [0.25, 0.3) is 0 Å². The molecule has 6 heteroatoms. The average Bonchev–Trinajstić information content (AvgIpc) is 3.63. The highest BCUT2D eigenvalue weighted by atomic mass is 16.7. The van der Waals surface area contributed by atoms with Crippen LogP contribution in [0.2, 0.25) is 0 Å². The second-order valence-corrected chi connectivity index (χ2v) is 9.65. The first-order chi connectivity index (χ1) is 17.5. The molecular formula is C30H32O6. The molecule has 3 aromatic carbocycles. The molecule has 188 valence electrons. The molecule has 1 aliphatic heterocycles. The van der Waals surface area contributed by atoms with E-state index in [0.717, 1.165) is 53.9 Å². The molecule has 2 aliphatic rings. The predicted octanol–water partition coefficient (Wildman–Crippen LogP) is 6.31. The molecule has 2 fully saturated rings. The number of aryl methyl sites for hydroxylation is 2. The molecule has 0 bridgehead atoms. The Morgan fingerprint density at radius 3 is 2.44 bits per heavy atom. The minimum Gasteiger partial charge on any atom is -0.489 e. The van der Waals surface area contributed by atoms with Crippen LogP contribution in [-0.2, 0) is 16.1 Å². The Balaban J connectivity index is 1.24. The molecular weight excluding hydrogens is 456 g/mol. The van der Waals surface area contributed by atoms with Crippen LogP contribution >= 0.6 is 0 Å². The standard InChI is InChI=1S/C30H32O6/c1-19-13-25(36-28-11-3-4-12-33-28)14-20(2)29(19)22-8-5-7-21(15-22)18-34-23-9-6-10-24(16-23)35-27-17-26(27)30(31)32/h5-10,13-16,26-28H,3-4,11-12,17-18H2,1-2H3,(H,31,32)/t26?,27-,28?/m1/s1. The van der Waals surface area contributed by atoms with Crippen LogP contribution in [0.4, 0.5) is 0 Å². The van der Waals surface area contributed by atoms with Gasteiger partial charge in [-0.2, -0.15) is 0 Å². The van der Waals surface area contributed by atoms with Gasteiger partial charge in [-0.15, -0.1) is 0 Å². The Morgan fingerprint density at radius 1 is 0.944 bits per heavy atom. The molecule has 1 saturated heterocycles. The lowest BCUT2D eigenvalue weighted by Crippen LogP contribution is -2.25. The summed E-state index contributed by atoms with van der Waals surface area (Å²) in [5.74, 6) is 0.943. The number of hydrogen-bond acceptors (Lipinski definition) is 5. The Bertz CT molecular complexity index is 1210. The number of ether oxygens (including phenoxy) is 4. The highest BCUT2D eigenvalue weighted by Gasteiger charge is 2.45. The number of hydrogen-bond donors (Lipinski definition) is 1. The molecule has 3 aromatic rings. The molecule has 6 nitrogen and oxygen atoms in total. The monoisotopic (exact) mass is 488 g/mol. The summed E-state index contributed by atoms with van der Waals surface area (Å²) in [6.07, 6.45) is 3.31.